The maximum atomic E-state index is 11.4. The topological polar surface area (TPSA) is 253 Å². The van der Waals surface area contributed by atoms with Crippen LogP contribution in [0.3, 0.4) is 0 Å². The van der Waals surface area contributed by atoms with Crippen LogP contribution in [0.2, 0.25) is 0 Å². The second-order valence-electron chi connectivity index (χ2n) is 9.65. The Labute approximate surface area is 280 Å². The van der Waals surface area contributed by atoms with Crippen molar-refractivity contribution in [3.8, 4) is 0 Å². The number of ether oxygens (including phenoxy) is 4. The van der Waals surface area contributed by atoms with E-state index in [2.05, 4.69) is 41.7 Å². The summed E-state index contributed by atoms with van der Waals surface area (Å²) >= 11 is 0. The molecular weight excluding hydrogens is 638 g/mol. The second-order valence-corrected chi connectivity index (χ2v) is 9.65. The highest BCUT2D eigenvalue weighted by Gasteiger charge is 2.44. The molecule has 1 saturated heterocycles. The van der Waals surface area contributed by atoms with Crippen molar-refractivity contribution < 1.29 is 67.8 Å². The third kappa shape index (κ3) is 23.6. The molecule has 17 nitrogen and oxygen atoms in total. The van der Waals surface area contributed by atoms with Crippen LogP contribution in [0.4, 0.5) is 0 Å². The minimum Gasteiger partial charge on any atom is -0.462 e. The number of carbonyl (C=O) groups is 7. The predicted octanol–water partition coefficient (Wildman–Crippen LogP) is -0.748. The normalized spacial score (nSPS) is 18.9. The lowest BCUT2D eigenvalue weighted by molar-refractivity contribution is -0.255. The van der Waals surface area contributed by atoms with Gasteiger partial charge >= 0.3 is 17.9 Å². The SMILES string of the molecule is C.C=C(CCNC(C)=O)CC(=O)OCCOC(=O)C(=C)C.C=CC(=O)NC(C)=O.C=CC(=O)OCC1OC(O)C(NC(C)=O)C(O)C1O. The molecule has 5 unspecified atom stereocenters. The van der Waals surface area contributed by atoms with E-state index in [1.807, 2.05) is 5.32 Å². The number of aliphatic hydroxyl groups is 3. The number of rotatable bonds is 14. The van der Waals surface area contributed by atoms with Crippen LogP contribution in [0.1, 0.15) is 48.0 Å². The fourth-order valence-corrected chi connectivity index (χ4v) is 3.09. The summed E-state index contributed by atoms with van der Waals surface area (Å²) < 4.78 is 19.3. The maximum Gasteiger partial charge on any atom is 0.333 e. The molecule has 0 saturated carbocycles. The summed E-state index contributed by atoms with van der Waals surface area (Å²) in [5.74, 6) is -3.11. The molecule has 48 heavy (non-hydrogen) atoms. The van der Waals surface area contributed by atoms with E-state index >= 15 is 0 Å². The fourth-order valence-electron chi connectivity index (χ4n) is 3.09. The molecular formula is C31H49N3O14. The third-order valence-corrected chi connectivity index (χ3v) is 5.31. The Hall–Kier alpha value is -4.71. The Bertz CT molecular complexity index is 1150. The van der Waals surface area contributed by atoms with Gasteiger partial charge in [-0.05, 0) is 19.4 Å². The molecule has 1 aliphatic rings. The highest BCUT2D eigenvalue weighted by Crippen LogP contribution is 2.20. The van der Waals surface area contributed by atoms with Crippen molar-refractivity contribution in [1.82, 2.24) is 16.0 Å². The van der Waals surface area contributed by atoms with Gasteiger partial charge in [-0.2, -0.15) is 0 Å². The lowest BCUT2D eigenvalue weighted by Crippen LogP contribution is -2.64. The van der Waals surface area contributed by atoms with Gasteiger partial charge in [0.2, 0.25) is 23.6 Å². The molecule has 17 heteroatoms. The van der Waals surface area contributed by atoms with Crippen LogP contribution in [-0.2, 0) is 52.5 Å². The fraction of sp³-hybridized carbons (Fsp3) is 0.516. The van der Waals surface area contributed by atoms with Gasteiger partial charge in [0.05, 0.1) is 6.42 Å². The number of amides is 4. The summed E-state index contributed by atoms with van der Waals surface area (Å²) in [6.07, 6.45) is -2.91. The number of carbonyl (C=O) groups excluding carboxylic acids is 7. The zero-order valence-electron chi connectivity index (χ0n) is 26.9. The number of hydrogen-bond acceptors (Lipinski definition) is 14. The minimum atomic E-state index is -1.52. The van der Waals surface area contributed by atoms with Crippen molar-refractivity contribution in [3.05, 3.63) is 49.6 Å². The summed E-state index contributed by atoms with van der Waals surface area (Å²) in [4.78, 5) is 75.0. The number of nitrogens with one attached hydrogen (secondary N) is 3. The second kappa shape index (κ2) is 26.4. The molecule has 1 aliphatic heterocycles. The van der Waals surface area contributed by atoms with E-state index in [1.54, 1.807) is 0 Å². The minimum absolute atomic E-state index is 0. The van der Waals surface area contributed by atoms with E-state index in [4.69, 9.17) is 14.2 Å². The summed E-state index contributed by atoms with van der Waals surface area (Å²) in [6, 6.07) is -1.15. The van der Waals surface area contributed by atoms with Crippen molar-refractivity contribution in [2.24, 2.45) is 0 Å². The van der Waals surface area contributed by atoms with Gasteiger partial charge < -0.3 is 44.9 Å². The quantitative estimate of drug-likeness (QED) is 0.0432. The van der Waals surface area contributed by atoms with Gasteiger partial charge in [-0.3, -0.25) is 29.3 Å². The molecule has 1 heterocycles. The molecule has 0 spiro atoms. The van der Waals surface area contributed by atoms with Crippen LogP contribution in [-0.4, -0.2) is 114 Å². The summed E-state index contributed by atoms with van der Waals surface area (Å²) in [5, 5.41) is 36.0. The van der Waals surface area contributed by atoms with E-state index in [9.17, 15) is 48.9 Å². The highest BCUT2D eigenvalue weighted by molar-refractivity contribution is 5.99. The molecule has 1 rings (SSSR count). The lowest BCUT2D eigenvalue weighted by atomic mass is 9.97. The van der Waals surface area contributed by atoms with Gasteiger partial charge in [-0.25, -0.2) is 9.59 Å². The first-order valence-electron chi connectivity index (χ1n) is 13.9. The molecule has 0 aliphatic carbocycles. The van der Waals surface area contributed by atoms with E-state index in [1.165, 1.54) is 27.7 Å². The number of esters is 3. The highest BCUT2D eigenvalue weighted by atomic mass is 16.6. The van der Waals surface area contributed by atoms with Crippen LogP contribution in [0.5, 0.6) is 0 Å². The first-order chi connectivity index (χ1) is 21.9. The molecule has 5 atom stereocenters. The number of hydrogen-bond donors (Lipinski definition) is 6. The van der Waals surface area contributed by atoms with Crippen molar-refractivity contribution in [1.29, 1.82) is 0 Å². The van der Waals surface area contributed by atoms with Crippen LogP contribution in [0.15, 0.2) is 49.6 Å². The van der Waals surface area contributed by atoms with Gasteiger partial charge in [-0.15, -0.1) is 0 Å². The van der Waals surface area contributed by atoms with Crippen LogP contribution in [0.25, 0.3) is 0 Å². The molecule has 1 fully saturated rings. The molecule has 0 aromatic rings. The third-order valence-electron chi connectivity index (χ3n) is 5.31. The van der Waals surface area contributed by atoms with Gasteiger partial charge in [0.15, 0.2) is 6.29 Å². The van der Waals surface area contributed by atoms with Crippen molar-refractivity contribution in [2.75, 3.05) is 26.4 Å². The maximum absolute atomic E-state index is 11.4. The largest absolute Gasteiger partial charge is 0.462 e. The van der Waals surface area contributed by atoms with Crippen molar-refractivity contribution in [3.63, 3.8) is 0 Å². The van der Waals surface area contributed by atoms with Gasteiger partial charge in [-0.1, -0.05) is 39.3 Å². The molecule has 6 N–H and O–H groups in total. The molecule has 0 radical (unpaired) electrons. The monoisotopic (exact) mass is 687 g/mol. The Morgan fingerprint density at radius 2 is 1.40 bits per heavy atom. The van der Waals surface area contributed by atoms with E-state index in [-0.39, 0.29) is 45.5 Å². The number of aliphatic hydroxyl groups excluding tert-OH is 3. The van der Waals surface area contributed by atoms with E-state index in [0.29, 0.717) is 24.1 Å². The van der Waals surface area contributed by atoms with Crippen LogP contribution < -0.4 is 16.0 Å². The lowest BCUT2D eigenvalue weighted by Gasteiger charge is -2.40. The standard InChI is InChI=1S/C14H21NO5.C11H17NO7.C5H7NO2.CH4/c1-10(2)14(18)20-8-7-19-13(17)9-11(3)5-6-15-12(4)16;1-3-7(14)18-4-6-9(15)10(16)8(11(17)19-6)12-5(2)13;1-3-5(8)6-4(2)7;/h1,3,5-9H2,2,4H3,(H,15,16);3,6,8-11,15-17H,1,4H2,2H3,(H,12,13);3H,1H2,2H3,(H,6,7,8);1H4. The first kappa shape index (κ1) is 47.7. The molecule has 0 bridgehead atoms. The molecule has 272 valence electrons. The Balaban J connectivity index is -0.000000679. The average molecular weight is 688 g/mol. The predicted molar refractivity (Wildman–Crippen MR) is 171 cm³/mol. The summed E-state index contributed by atoms with van der Waals surface area (Å²) in [5.41, 5.74) is 0.963. The Morgan fingerprint density at radius 3 is 1.85 bits per heavy atom. The van der Waals surface area contributed by atoms with Crippen molar-refractivity contribution in [2.45, 2.75) is 78.6 Å². The van der Waals surface area contributed by atoms with E-state index < -0.39 is 60.4 Å². The zero-order chi connectivity index (χ0) is 36.7. The number of imide groups is 1. The summed E-state index contributed by atoms with van der Waals surface area (Å²) in [6.45, 7) is 19.0. The Kier molecular flexibility index (Phi) is 26.2. The van der Waals surface area contributed by atoms with Crippen LogP contribution >= 0.6 is 0 Å². The van der Waals surface area contributed by atoms with Crippen LogP contribution in [0, 0.1) is 0 Å². The molecule has 4 amide bonds. The average Bonchev–Trinajstić information content (AvgIpc) is 2.98. The first-order valence-corrected chi connectivity index (χ1v) is 13.9. The smallest absolute Gasteiger partial charge is 0.333 e. The van der Waals surface area contributed by atoms with Gasteiger partial charge in [0.25, 0.3) is 0 Å². The summed E-state index contributed by atoms with van der Waals surface area (Å²) in [7, 11) is 0. The molecule has 0 aromatic carbocycles. The van der Waals surface area contributed by atoms with E-state index in [0.717, 1.165) is 12.2 Å². The Morgan fingerprint density at radius 1 is 0.812 bits per heavy atom. The van der Waals surface area contributed by atoms with Crippen molar-refractivity contribution >= 4 is 41.5 Å². The van der Waals surface area contributed by atoms with Gasteiger partial charge in [0.1, 0.15) is 44.2 Å². The van der Waals surface area contributed by atoms with Gasteiger partial charge in [0, 0.05) is 39.0 Å². The zero-order valence-corrected chi connectivity index (χ0v) is 26.9. The molecule has 0 aromatic heterocycles.